The molecule has 0 aliphatic rings. The van der Waals surface area contributed by atoms with Crippen LogP contribution in [-0.4, -0.2) is 31.2 Å². The maximum atomic E-state index is 12.0. The maximum absolute atomic E-state index is 12.0. The fraction of sp³-hybridized carbons (Fsp3) is 0.200. The monoisotopic (exact) mass is 349 g/mol. The largest absolute Gasteiger partial charge is 0.383 e. The first-order chi connectivity index (χ1) is 10.2. The van der Waals surface area contributed by atoms with Crippen LogP contribution in [0.5, 0.6) is 0 Å². The number of hydrogen-bond acceptors (Lipinski definition) is 4. The molecule has 1 aromatic heterocycles. The summed E-state index contributed by atoms with van der Waals surface area (Å²) in [6.45, 7) is 0.962. The van der Waals surface area contributed by atoms with E-state index in [1.54, 1.807) is 25.4 Å². The number of carbonyl (C=O) groups excluding carboxylic acids is 1. The Bertz CT molecular complexity index is 619. The van der Waals surface area contributed by atoms with Crippen LogP contribution in [0.2, 0.25) is 0 Å². The van der Waals surface area contributed by atoms with Gasteiger partial charge in [0.05, 0.1) is 12.3 Å². The van der Waals surface area contributed by atoms with Gasteiger partial charge in [-0.2, -0.15) is 0 Å². The van der Waals surface area contributed by atoms with Gasteiger partial charge in [-0.3, -0.25) is 4.79 Å². The van der Waals surface area contributed by atoms with Gasteiger partial charge in [-0.25, -0.2) is 4.98 Å². The van der Waals surface area contributed by atoms with Gasteiger partial charge in [-0.05, 0) is 40.2 Å². The summed E-state index contributed by atoms with van der Waals surface area (Å²) in [6, 6.07) is 11.1. The molecule has 0 atom stereocenters. The number of amides is 1. The van der Waals surface area contributed by atoms with Gasteiger partial charge < -0.3 is 15.4 Å². The second-order valence-electron chi connectivity index (χ2n) is 4.28. The van der Waals surface area contributed by atoms with E-state index in [2.05, 4.69) is 31.5 Å². The molecule has 0 aliphatic carbocycles. The van der Waals surface area contributed by atoms with Crippen molar-refractivity contribution >= 4 is 33.3 Å². The van der Waals surface area contributed by atoms with Crippen molar-refractivity contribution in [1.29, 1.82) is 0 Å². The van der Waals surface area contributed by atoms with Crippen molar-refractivity contribution < 1.29 is 9.53 Å². The lowest BCUT2D eigenvalue weighted by molar-refractivity contribution is 0.0937. The van der Waals surface area contributed by atoms with Crippen LogP contribution in [0.15, 0.2) is 47.1 Å². The zero-order valence-electron chi connectivity index (χ0n) is 11.6. The number of rotatable bonds is 6. The molecule has 0 fully saturated rings. The fourth-order valence-electron chi connectivity index (χ4n) is 1.71. The first kappa shape index (κ1) is 15.5. The Morgan fingerprint density at radius 2 is 2.14 bits per heavy atom. The lowest BCUT2D eigenvalue weighted by Gasteiger charge is -2.09. The van der Waals surface area contributed by atoms with E-state index < -0.39 is 0 Å². The molecular formula is C15H16BrN3O2. The topological polar surface area (TPSA) is 63.2 Å². The number of halogens is 1. The molecule has 1 heterocycles. The van der Waals surface area contributed by atoms with E-state index in [-0.39, 0.29) is 5.91 Å². The fourth-order valence-corrected chi connectivity index (χ4v) is 2.09. The SMILES string of the molecule is COCCNC(=O)c1ccnc(Nc2ccccc2Br)c1. The van der Waals surface area contributed by atoms with Gasteiger partial charge in [0.25, 0.3) is 5.91 Å². The Morgan fingerprint density at radius 3 is 2.90 bits per heavy atom. The highest BCUT2D eigenvalue weighted by Crippen LogP contribution is 2.24. The summed E-state index contributed by atoms with van der Waals surface area (Å²) < 4.78 is 5.83. The standard InChI is InChI=1S/C15H16BrN3O2/c1-21-9-8-18-15(20)11-6-7-17-14(10-11)19-13-5-3-2-4-12(13)16/h2-7,10H,8-9H2,1H3,(H,17,19)(H,18,20). The summed E-state index contributed by atoms with van der Waals surface area (Å²) in [6.07, 6.45) is 1.60. The number of para-hydroxylation sites is 1. The second-order valence-corrected chi connectivity index (χ2v) is 5.14. The molecule has 6 heteroatoms. The molecule has 0 saturated heterocycles. The van der Waals surface area contributed by atoms with Gasteiger partial charge in [0.1, 0.15) is 5.82 Å². The average Bonchev–Trinajstić information content (AvgIpc) is 2.50. The summed E-state index contributed by atoms with van der Waals surface area (Å²) in [5.41, 5.74) is 1.44. The maximum Gasteiger partial charge on any atom is 0.251 e. The van der Waals surface area contributed by atoms with Crippen molar-refractivity contribution in [2.24, 2.45) is 0 Å². The van der Waals surface area contributed by atoms with Gasteiger partial charge >= 0.3 is 0 Å². The summed E-state index contributed by atoms with van der Waals surface area (Å²) in [4.78, 5) is 16.2. The Morgan fingerprint density at radius 1 is 1.33 bits per heavy atom. The highest BCUT2D eigenvalue weighted by atomic mass is 79.9. The molecule has 2 rings (SSSR count). The Kier molecular flexibility index (Phi) is 5.71. The van der Waals surface area contributed by atoms with Crippen molar-refractivity contribution in [2.75, 3.05) is 25.6 Å². The summed E-state index contributed by atoms with van der Waals surface area (Å²) in [7, 11) is 1.60. The summed E-state index contributed by atoms with van der Waals surface area (Å²) in [5, 5.41) is 5.95. The van der Waals surface area contributed by atoms with Crippen LogP contribution >= 0.6 is 15.9 Å². The van der Waals surface area contributed by atoms with E-state index in [4.69, 9.17) is 4.74 Å². The molecule has 5 nitrogen and oxygen atoms in total. The Hall–Kier alpha value is -1.92. The van der Waals surface area contributed by atoms with Crippen molar-refractivity contribution in [3.63, 3.8) is 0 Å². The number of pyridine rings is 1. The number of carbonyl (C=O) groups is 1. The quantitative estimate of drug-likeness (QED) is 0.787. The molecule has 2 N–H and O–H groups in total. The van der Waals surface area contributed by atoms with Crippen LogP contribution < -0.4 is 10.6 Å². The minimum Gasteiger partial charge on any atom is -0.383 e. The molecule has 21 heavy (non-hydrogen) atoms. The number of nitrogens with zero attached hydrogens (tertiary/aromatic N) is 1. The number of aromatic nitrogens is 1. The van der Waals surface area contributed by atoms with Gasteiger partial charge in [0.15, 0.2) is 0 Å². The van der Waals surface area contributed by atoms with E-state index in [0.717, 1.165) is 10.2 Å². The number of nitrogens with one attached hydrogen (secondary N) is 2. The van der Waals surface area contributed by atoms with Crippen LogP contribution in [0.1, 0.15) is 10.4 Å². The zero-order valence-corrected chi connectivity index (χ0v) is 13.2. The Labute approximate surface area is 131 Å². The molecule has 0 unspecified atom stereocenters. The van der Waals surface area contributed by atoms with Gasteiger partial charge in [0, 0.05) is 29.9 Å². The van der Waals surface area contributed by atoms with Crippen LogP contribution in [0.25, 0.3) is 0 Å². The van der Waals surface area contributed by atoms with Gasteiger partial charge in [-0.15, -0.1) is 0 Å². The smallest absolute Gasteiger partial charge is 0.251 e. The summed E-state index contributed by atoms with van der Waals surface area (Å²) >= 11 is 3.46. The predicted molar refractivity (Wildman–Crippen MR) is 85.9 cm³/mol. The molecule has 110 valence electrons. The third-order valence-electron chi connectivity index (χ3n) is 2.75. The highest BCUT2D eigenvalue weighted by Gasteiger charge is 2.07. The van der Waals surface area contributed by atoms with E-state index in [0.29, 0.717) is 24.5 Å². The first-order valence-corrected chi connectivity index (χ1v) is 7.25. The minimum absolute atomic E-state index is 0.148. The van der Waals surface area contributed by atoms with Crippen molar-refractivity contribution in [2.45, 2.75) is 0 Å². The third kappa shape index (κ3) is 4.54. The minimum atomic E-state index is -0.148. The predicted octanol–water partition coefficient (Wildman–Crippen LogP) is 2.96. The highest BCUT2D eigenvalue weighted by molar-refractivity contribution is 9.10. The Balaban J connectivity index is 2.07. The first-order valence-electron chi connectivity index (χ1n) is 6.45. The summed E-state index contributed by atoms with van der Waals surface area (Å²) in [5.74, 6) is 0.464. The van der Waals surface area contributed by atoms with Crippen molar-refractivity contribution in [1.82, 2.24) is 10.3 Å². The van der Waals surface area contributed by atoms with Crippen molar-refractivity contribution in [3.05, 3.63) is 52.6 Å². The lowest BCUT2D eigenvalue weighted by atomic mass is 10.2. The molecule has 1 aromatic carbocycles. The average molecular weight is 350 g/mol. The molecule has 0 radical (unpaired) electrons. The number of ether oxygens (including phenoxy) is 1. The van der Waals surface area contributed by atoms with Crippen molar-refractivity contribution in [3.8, 4) is 0 Å². The molecule has 0 aliphatic heterocycles. The molecule has 0 saturated carbocycles. The zero-order chi connectivity index (χ0) is 15.1. The van der Waals surface area contributed by atoms with E-state index in [1.165, 1.54) is 0 Å². The number of anilines is 2. The van der Waals surface area contributed by atoms with Crippen LogP contribution in [-0.2, 0) is 4.74 Å². The van der Waals surface area contributed by atoms with Gasteiger partial charge in [-0.1, -0.05) is 12.1 Å². The number of benzene rings is 1. The van der Waals surface area contributed by atoms with Crippen LogP contribution in [0.3, 0.4) is 0 Å². The lowest BCUT2D eigenvalue weighted by Crippen LogP contribution is -2.27. The van der Waals surface area contributed by atoms with Gasteiger partial charge in [0.2, 0.25) is 0 Å². The third-order valence-corrected chi connectivity index (χ3v) is 3.44. The molecule has 2 aromatic rings. The number of methoxy groups -OCH3 is 1. The molecule has 0 bridgehead atoms. The molecular weight excluding hydrogens is 334 g/mol. The normalized spacial score (nSPS) is 10.2. The molecule has 0 spiro atoms. The molecule has 1 amide bonds. The van der Waals surface area contributed by atoms with E-state index in [9.17, 15) is 4.79 Å². The van der Waals surface area contributed by atoms with E-state index in [1.807, 2.05) is 24.3 Å². The number of hydrogen-bond donors (Lipinski definition) is 2. The second kappa shape index (κ2) is 7.75. The van der Waals surface area contributed by atoms with E-state index >= 15 is 0 Å². The van der Waals surface area contributed by atoms with Crippen LogP contribution in [0, 0.1) is 0 Å². The van der Waals surface area contributed by atoms with Crippen LogP contribution in [0.4, 0.5) is 11.5 Å².